The zero-order valence-electron chi connectivity index (χ0n) is 13.3. The molecule has 1 amide bonds. The first-order valence-corrected chi connectivity index (χ1v) is 7.50. The summed E-state index contributed by atoms with van der Waals surface area (Å²) in [5.41, 5.74) is 0.398. The molecule has 0 saturated carbocycles. The summed E-state index contributed by atoms with van der Waals surface area (Å²) in [5, 5.41) is 11.6. The van der Waals surface area contributed by atoms with Gasteiger partial charge in [-0.15, -0.1) is 0 Å². The molecular weight excluding hydrogens is 320 g/mol. The Balaban J connectivity index is 2.65. The van der Waals surface area contributed by atoms with Gasteiger partial charge in [0.1, 0.15) is 11.8 Å². The number of carbonyl (C=O) groups is 2. The molecule has 0 aliphatic carbocycles. The minimum absolute atomic E-state index is 0.0649. The molecule has 1 aromatic rings. The molecule has 1 aromatic carbocycles. The lowest BCUT2D eigenvalue weighted by Crippen LogP contribution is -2.47. The fraction of sp³-hybridized carbons (Fsp3) is 0.438. The number of methoxy groups -OCH3 is 1. The number of halogens is 1. The molecule has 6 nitrogen and oxygen atoms in total. The fourth-order valence-corrected chi connectivity index (χ4v) is 2.08. The van der Waals surface area contributed by atoms with Gasteiger partial charge in [0, 0.05) is 0 Å². The van der Waals surface area contributed by atoms with E-state index in [4.69, 9.17) is 26.3 Å². The zero-order chi connectivity index (χ0) is 17.4. The molecule has 0 aromatic heterocycles. The number of esters is 1. The SMILES string of the molecule is CC[C@H](C)[C@H](NC(=O)COc1ccc(C#N)cc1Cl)C(=O)OC. The van der Waals surface area contributed by atoms with E-state index in [1.54, 1.807) is 0 Å². The van der Waals surface area contributed by atoms with Crippen LogP contribution in [0.15, 0.2) is 18.2 Å². The van der Waals surface area contributed by atoms with Gasteiger partial charge in [0.05, 0.1) is 23.8 Å². The maximum absolute atomic E-state index is 12.0. The van der Waals surface area contributed by atoms with E-state index in [0.717, 1.165) is 0 Å². The van der Waals surface area contributed by atoms with E-state index >= 15 is 0 Å². The van der Waals surface area contributed by atoms with E-state index in [9.17, 15) is 9.59 Å². The van der Waals surface area contributed by atoms with Crippen LogP contribution >= 0.6 is 11.6 Å². The molecule has 0 saturated heterocycles. The lowest BCUT2D eigenvalue weighted by Gasteiger charge is -2.21. The first-order valence-electron chi connectivity index (χ1n) is 7.12. The fourth-order valence-electron chi connectivity index (χ4n) is 1.84. The number of benzene rings is 1. The van der Waals surface area contributed by atoms with Crippen molar-refractivity contribution in [2.24, 2.45) is 5.92 Å². The van der Waals surface area contributed by atoms with Gasteiger partial charge in [-0.2, -0.15) is 5.26 Å². The van der Waals surface area contributed by atoms with Gasteiger partial charge in [0.2, 0.25) is 0 Å². The van der Waals surface area contributed by atoms with Gasteiger partial charge >= 0.3 is 5.97 Å². The van der Waals surface area contributed by atoms with Gasteiger partial charge in [-0.25, -0.2) is 4.79 Å². The Hall–Kier alpha value is -2.26. The van der Waals surface area contributed by atoms with E-state index in [1.165, 1.54) is 25.3 Å². The second kappa shape index (κ2) is 9.01. The van der Waals surface area contributed by atoms with Crippen LogP contribution in [0.25, 0.3) is 0 Å². The van der Waals surface area contributed by atoms with Crippen molar-refractivity contribution in [3.8, 4) is 11.8 Å². The van der Waals surface area contributed by atoms with Gasteiger partial charge in [-0.05, 0) is 24.1 Å². The third kappa shape index (κ3) is 5.46. The van der Waals surface area contributed by atoms with Crippen molar-refractivity contribution in [3.05, 3.63) is 28.8 Å². The third-order valence-corrected chi connectivity index (χ3v) is 3.70. The number of nitriles is 1. The highest BCUT2D eigenvalue weighted by Gasteiger charge is 2.26. The summed E-state index contributed by atoms with van der Waals surface area (Å²) in [7, 11) is 1.27. The van der Waals surface area contributed by atoms with E-state index < -0.39 is 17.9 Å². The Kier molecular flexibility index (Phi) is 7.36. The van der Waals surface area contributed by atoms with Gasteiger partial charge in [-0.1, -0.05) is 31.9 Å². The highest BCUT2D eigenvalue weighted by atomic mass is 35.5. The number of carbonyl (C=O) groups excluding carboxylic acids is 2. The predicted molar refractivity (Wildman–Crippen MR) is 85.1 cm³/mol. The van der Waals surface area contributed by atoms with Crippen molar-refractivity contribution >= 4 is 23.5 Å². The number of amides is 1. The molecule has 23 heavy (non-hydrogen) atoms. The van der Waals surface area contributed by atoms with Crippen LogP contribution in [-0.4, -0.2) is 31.6 Å². The summed E-state index contributed by atoms with van der Waals surface area (Å²) in [6.07, 6.45) is 0.711. The number of hydrogen-bond acceptors (Lipinski definition) is 5. The van der Waals surface area contributed by atoms with E-state index in [0.29, 0.717) is 17.7 Å². The van der Waals surface area contributed by atoms with Crippen LogP contribution in [0.3, 0.4) is 0 Å². The maximum Gasteiger partial charge on any atom is 0.328 e. The van der Waals surface area contributed by atoms with Gasteiger partial charge < -0.3 is 14.8 Å². The summed E-state index contributed by atoms with van der Waals surface area (Å²) in [4.78, 5) is 23.7. The van der Waals surface area contributed by atoms with Crippen LogP contribution in [0, 0.1) is 17.2 Å². The highest BCUT2D eigenvalue weighted by Crippen LogP contribution is 2.25. The molecule has 0 fully saturated rings. The van der Waals surface area contributed by atoms with Crippen LogP contribution in [0.1, 0.15) is 25.8 Å². The predicted octanol–water partition coefficient (Wildman–Crippen LogP) is 2.29. The lowest BCUT2D eigenvalue weighted by atomic mass is 9.99. The Morgan fingerprint density at radius 2 is 2.13 bits per heavy atom. The second-order valence-electron chi connectivity index (χ2n) is 5.00. The average Bonchev–Trinajstić information content (AvgIpc) is 2.56. The Labute approximate surface area is 140 Å². The lowest BCUT2D eigenvalue weighted by molar-refractivity contribution is -0.146. The number of nitrogens with one attached hydrogen (secondary N) is 1. The summed E-state index contributed by atoms with van der Waals surface area (Å²) < 4.78 is 10.0. The van der Waals surface area contributed by atoms with E-state index in [2.05, 4.69) is 5.32 Å². The first kappa shape index (κ1) is 18.8. The van der Waals surface area contributed by atoms with Crippen molar-refractivity contribution < 1.29 is 19.1 Å². The molecule has 1 N–H and O–H groups in total. The maximum atomic E-state index is 12.0. The average molecular weight is 339 g/mol. The molecular formula is C16H19ClN2O4. The molecule has 0 aliphatic rings. The van der Waals surface area contributed by atoms with Gasteiger partial charge in [-0.3, -0.25) is 4.79 Å². The molecule has 0 unspecified atom stereocenters. The van der Waals surface area contributed by atoms with E-state index in [1.807, 2.05) is 19.9 Å². The quantitative estimate of drug-likeness (QED) is 0.770. The minimum Gasteiger partial charge on any atom is -0.482 e. The topological polar surface area (TPSA) is 88.4 Å². The molecule has 0 aliphatic heterocycles. The van der Waals surface area contributed by atoms with Crippen LogP contribution in [-0.2, 0) is 14.3 Å². The molecule has 124 valence electrons. The van der Waals surface area contributed by atoms with Crippen LogP contribution in [0.4, 0.5) is 0 Å². The standard InChI is InChI=1S/C16H19ClN2O4/c1-4-10(2)15(16(21)22-3)19-14(20)9-23-13-6-5-11(8-18)7-12(13)17/h5-7,10,15H,4,9H2,1-3H3,(H,19,20)/t10-,15-/m0/s1. The van der Waals surface area contributed by atoms with Crippen LogP contribution < -0.4 is 10.1 Å². The number of nitrogens with zero attached hydrogens (tertiary/aromatic N) is 1. The Morgan fingerprint density at radius 3 is 2.65 bits per heavy atom. The van der Waals surface area contributed by atoms with Gasteiger partial charge in [0.15, 0.2) is 6.61 Å². The van der Waals surface area contributed by atoms with Crippen molar-refractivity contribution in [1.29, 1.82) is 5.26 Å². The Bertz CT molecular complexity index is 613. The van der Waals surface area contributed by atoms with Crippen molar-refractivity contribution in [1.82, 2.24) is 5.32 Å². The zero-order valence-corrected chi connectivity index (χ0v) is 14.0. The molecule has 0 heterocycles. The van der Waals surface area contributed by atoms with E-state index in [-0.39, 0.29) is 17.5 Å². The second-order valence-corrected chi connectivity index (χ2v) is 5.41. The number of hydrogen-bond donors (Lipinski definition) is 1. The molecule has 7 heteroatoms. The number of rotatable bonds is 7. The van der Waals surface area contributed by atoms with Crippen LogP contribution in [0.2, 0.25) is 5.02 Å². The summed E-state index contributed by atoms with van der Waals surface area (Å²) in [6.45, 7) is 3.47. The monoisotopic (exact) mass is 338 g/mol. The molecule has 1 rings (SSSR count). The minimum atomic E-state index is -0.725. The van der Waals surface area contributed by atoms with Crippen molar-refractivity contribution in [2.75, 3.05) is 13.7 Å². The van der Waals surface area contributed by atoms with Crippen LogP contribution in [0.5, 0.6) is 5.75 Å². The first-order chi connectivity index (χ1) is 10.9. The third-order valence-electron chi connectivity index (χ3n) is 3.40. The molecule has 0 bridgehead atoms. The largest absolute Gasteiger partial charge is 0.482 e. The number of ether oxygens (including phenoxy) is 2. The highest BCUT2D eigenvalue weighted by molar-refractivity contribution is 6.32. The molecule has 0 spiro atoms. The summed E-state index contributed by atoms with van der Waals surface area (Å²) in [6, 6.07) is 5.73. The molecule has 2 atom stereocenters. The van der Waals surface area contributed by atoms with Crippen molar-refractivity contribution in [3.63, 3.8) is 0 Å². The normalized spacial score (nSPS) is 12.7. The van der Waals surface area contributed by atoms with Crippen molar-refractivity contribution in [2.45, 2.75) is 26.3 Å². The Morgan fingerprint density at radius 1 is 1.43 bits per heavy atom. The summed E-state index contributed by atoms with van der Waals surface area (Å²) in [5.74, 6) is -0.728. The smallest absolute Gasteiger partial charge is 0.328 e. The molecule has 0 radical (unpaired) electrons. The van der Waals surface area contributed by atoms with Gasteiger partial charge in [0.25, 0.3) is 5.91 Å². The summed E-state index contributed by atoms with van der Waals surface area (Å²) >= 11 is 5.96.